The van der Waals surface area contributed by atoms with E-state index in [-0.39, 0.29) is 6.10 Å². The van der Waals surface area contributed by atoms with Gasteiger partial charge in [0.1, 0.15) is 0 Å². The summed E-state index contributed by atoms with van der Waals surface area (Å²) in [5.41, 5.74) is 5.50. The first-order valence-corrected chi connectivity index (χ1v) is 5.23. The van der Waals surface area contributed by atoms with Crippen molar-refractivity contribution in [2.45, 2.75) is 51.4 Å². The molecular formula is C10H21NO2. The van der Waals surface area contributed by atoms with E-state index in [1.54, 1.807) is 0 Å². The summed E-state index contributed by atoms with van der Waals surface area (Å²) < 4.78 is 11.3. The van der Waals surface area contributed by atoms with Gasteiger partial charge in [-0.3, -0.25) is 0 Å². The standard InChI is InChI=1S/C10H21NO2/c1-3-9-6-10(4-5-12-9)13-8(2)7-11/h8-10H,3-7,11H2,1-2H3. The predicted octanol–water partition coefficient (Wildman–Crippen LogP) is 1.31. The van der Waals surface area contributed by atoms with Gasteiger partial charge in [0.2, 0.25) is 0 Å². The highest BCUT2D eigenvalue weighted by Gasteiger charge is 2.22. The number of hydrogen-bond donors (Lipinski definition) is 1. The van der Waals surface area contributed by atoms with E-state index >= 15 is 0 Å². The Hall–Kier alpha value is -0.120. The van der Waals surface area contributed by atoms with E-state index in [2.05, 4.69) is 6.92 Å². The highest BCUT2D eigenvalue weighted by Crippen LogP contribution is 2.19. The normalized spacial score (nSPS) is 31.6. The number of hydrogen-bond acceptors (Lipinski definition) is 3. The van der Waals surface area contributed by atoms with Crippen LogP contribution in [0.4, 0.5) is 0 Å². The molecule has 3 unspecified atom stereocenters. The first-order chi connectivity index (χ1) is 6.26. The molecule has 0 aromatic rings. The van der Waals surface area contributed by atoms with Crippen LogP contribution in [-0.4, -0.2) is 31.5 Å². The molecule has 2 N–H and O–H groups in total. The molecule has 0 spiro atoms. The maximum absolute atomic E-state index is 5.77. The highest BCUT2D eigenvalue weighted by atomic mass is 16.5. The van der Waals surface area contributed by atoms with Gasteiger partial charge in [-0.15, -0.1) is 0 Å². The van der Waals surface area contributed by atoms with Gasteiger partial charge in [-0.2, -0.15) is 0 Å². The van der Waals surface area contributed by atoms with Crippen molar-refractivity contribution >= 4 is 0 Å². The fourth-order valence-corrected chi connectivity index (χ4v) is 1.64. The monoisotopic (exact) mass is 187 g/mol. The summed E-state index contributed by atoms with van der Waals surface area (Å²) in [7, 11) is 0. The lowest BCUT2D eigenvalue weighted by Gasteiger charge is -2.30. The van der Waals surface area contributed by atoms with E-state index in [9.17, 15) is 0 Å². The van der Waals surface area contributed by atoms with Crippen molar-refractivity contribution in [3.8, 4) is 0 Å². The minimum absolute atomic E-state index is 0.181. The van der Waals surface area contributed by atoms with Crippen molar-refractivity contribution in [3.63, 3.8) is 0 Å². The summed E-state index contributed by atoms with van der Waals surface area (Å²) in [4.78, 5) is 0. The molecule has 1 rings (SSSR count). The van der Waals surface area contributed by atoms with Crippen LogP contribution >= 0.6 is 0 Å². The van der Waals surface area contributed by atoms with Crippen molar-refractivity contribution < 1.29 is 9.47 Å². The van der Waals surface area contributed by atoms with Crippen molar-refractivity contribution in [1.82, 2.24) is 0 Å². The smallest absolute Gasteiger partial charge is 0.0672 e. The van der Waals surface area contributed by atoms with Crippen LogP contribution in [0.25, 0.3) is 0 Å². The topological polar surface area (TPSA) is 44.5 Å². The second-order valence-electron chi connectivity index (χ2n) is 3.73. The van der Waals surface area contributed by atoms with Crippen LogP contribution in [0.1, 0.15) is 33.1 Å². The quantitative estimate of drug-likeness (QED) is 0.721. The van der Waals surface area contributed by atoms with Gasteiger partial charge in [0.25, 0.3) is 0 Å². The largest absolute Gasteiger partial charge is 0.378 e. The number of ether oxygens (including phenoxy) is 2. The summed E-state index contributed by atoms with van der Waals surface area (Å²) >= 11 is 0. The van der Waals surface area contributed by atoms with E-state index in [0.717, 1.165) is 25.9 Å². The van der Waals surface area contributed by atoms with Crippen molar-refractivity contribution in [2.75, 3.05) is 13.2 Å². The summed E-state index contributed by atoms with van der Waals surface area (Å²) in [6.45, 7) is 5.62. The van der Waals surface area contributed by atoms with Crippen LogP contribution in [0.5, 0.6) is 0 Å². The molecule has 3 atom stereocenters. The predicted molar refractivity (Wildman–Crippen MR) is 52.7 cm³/mol. The average Bonchev–Trinajstić information content (AvgIpc) is 2.18. The molecule has 0 saturated carbocycles. The van der Waals surface area contributed by atoms with Gasteiger partial charge >= 0.3 is 0 Å². The molecule has 0 amide bonds. The molecule has 1 heterocycles. The maximum Gasteiger partial charge on any atom is 0.0672 e. The minimum Gasteiger partial charge on any atom is -0.378 e. The zero-order chi connectivity index (χ0) is 9.68. The molecule has 3 heteroatoms. The summed E-state index contributed by atoms with van der Waals surface area (Å²) in [6.07, 6.45) is 4.06. The van der Waals surface area contributed by atoms with Gasteiger partial charge in [-0.05, 0) is 26.2 Å². The van der Waals surface area contributed by atoms with Crippen molar-refractivity contribution in [1.29, 1.82) is 0 Å². The number of nitrogens with two attached hydrogens (primary N) is 1. The molecule has 0 bridgehead atoms. The fraction of sp³-hybridized carbons (Fsp3) is 1.00. The Bertz CT molecular complexity index is 139. The lowest BCUT2D eigenvalue weighted by Crippen LogP contribution is -2.34. The Balaban J connectivity index is 2.25. The molecular weight excluding hydrogens is 166 g/mol. The summed E-state index contributed by atoms with van der Waals surface area (Å²) in [5.74, 6) is 0. The molecule has 0 aliphatic carbocycles. The molecule has 78 valence electrons. The van der Waals surface area contributed by atoms with Crippen molar-refractivity contribution in [2.24, 2.45) is 5.73 Å². The van der Waals surface area contributed by atoms with Gasteiger partial charge in [-0.25, -0.2) is 0 Å². The lowest BCUT2D eigenvalue weighted by atomic mass is 10.0. The third kappa shape index (κ3) is 3.63. The SMILES string of the molecule is CCC1CC(OC(C)CN)CCO1. The Morgan fingerprint density at radius 3 is 3.00 bits per heavy atom. The van der Waals surface area contributed by atoms with Crippen LogP contribution in [0.2, 0.25) is 0 Å². The summed E-state index contributed by atoms with van der Waals surface area (Å²) in [6, 6.07) is 0. The van der Waals surface area contributed by atoms with Crippen LogP contribution in [0.3, 0.4) is 0 Å². The van der Waals surface area contributed by atoms with E-state index in [0.29, 0.717) is 18.8 Å². The van der Waals surface area contributed by atoms with Crippen LogP contribution in [0.15, 0.2) is 0 Å². The third-order valence-corrected chi connectivity index (χ3v) is 2.53. The molecule has 3 nitrogen and oxygen atoms in total. The second-order valence-corrected chi connectivity index (χ2v) is 3.73. The zero-order valence-electron chi connectivity index (χ0n) is 8.66. The van der Waals surface area contributed by atoms with E-state index in [1.165, 1.54) is 0 Å². The molecule has 1 aliphatic rings. The molecule has 1 fully saturated rings. The Kier molecular flexibility index (Phi) is 4.70. The highest BCUT2D eigenvalue weighted by molar-refractivity contribution is 4.72. The first-order valence-electron chi connectivity index (χ1n) is 5.23. The van der Waals surface area contributed by atoms with Gasteiger partial charge in [-0.1, -0.05) is 6.92 Å². The van der Waals surface area contributed by atoms with E-state index < -0.39 is 0 Å². The second kappa shape index (κ2) is 5.58. The van der Waals surface area contributed by atoms with Crippen molar-refractivity contribution in [3.05, 3.63) is 0 Å². The van der Waals surface area contributed by atoms with Crippen LogP contribution in [-0.2, 0) is 9.47 Å². The van der Waals surface area contributed by atoms with Gasteiger partial charge < -0.3 is 15.2 Å². The third-order valence-electron chi connectivity index (χ3n) is 2.53. The first kappa shape index (κ1) is 11.0. The van der Waals surface area contributed by atoms with Gasteiger partial charge in [0.15, 0.2) is 0 Å². The van der Waals surface area contributed by atoms with Crippen LogP contribution < -0.4 is 5.73 Å². The van der Waals surface area contributed by atoms with Gasteiger partial charge in [0.05, 0.1) is 18.3 Å². The molecule has 1 saturated heterocycles. The maximum atomic E-state index is 5.77. The molecule has 1 aliphatic heterocycles. The van der Waals surface area contributed by atoms with Crippen LogP contribution in [0, 0.1) is 0 Å². The Morgan fingerprint density at radius 1 is 1.62 bits per heavy atom. The minimum atomic E-state index is 0.181. The number of rotatable bonds is 4. The zero-order valence-corrected chi connectivity index (χ0v) is 8.66. The lowest BCUT2D eigenvalue weighted by molar-refractivity contribution is -0.0918. The Morgan fingerprint density at radius 2 is 2.38 bits per heavy atom. The van der Waals surface area contributed by atoms with E-state index in [4.69, 9.17) is 15.2 Å². The Labute approximate surface area is 80.6 Å². The average molecular weight is 187 g/mol. The van der Waals surface area contributed by atoms with E-state index in [1.807, 2.05) is 6.92 Å². The molecule has 0 radical (unpaired) electrons. The summed E-state index contributed by atoms with van der Waals surface area (Å²) in [5, 5.41) is 0. The van der Waals surface area contributed by atoms with Gasteiger partial charge in [0, 0.05) is 13.2 Å². The fourth-order valence-electron chi connectivity index (χ4n) is 1.64. The molecule has 0 aromatic heterocycles. The molecule has 13 heavy (non-hydrogen) atoms. The molecule has 0 aromatic carbocycles.